The highest BCUT2D eigenvalue weighted by atomic mass is 35.5. The predicted molar refractivity (Wildman–Crippen MR) is 97.7 cm³/mol. The molecule has 134 valence electrons. The van der Waals surface area contributed by atoms with Gasteiger partial charge in [0.15, 0.2) is 0 Å². The van der Waals surface area contributed by atoms with E-state index >= 15 is 0 Å². The third kappa shape index (κ3) is 4.91. The van der Waals surface area contributed by atoms with Gasteiger partial charge >= 0.3 is 5.97 Å². The van der Waals surface area contributed by atoms with Crippen LogP contribution >= 0.6 is 23.2 Å². The summed E-state index contributed by atoms with van der Waals surface area (Å²) in [6, 6.07) is 3.31. The molecule has 5 nitrogen and oxygen atoms in total. The van der Waals surface area contributed by atoms with Gasteiger partial charge in [-0.15, -0.1) is 0 Å². The molecule has 1 aromatic carbocycles. The second kappa shape index (κ2) is 6.98. The Morgan fingerprint density at radius 1 is 1.29 bits per heavy atom. The second-order valence-corrected chi connectivity index (χ2v) is 8.12. The molecule has 0 bridgehead atoms. The van der Waals surface area contributed by atoms with Gasteiger partial charge < -0.3 is 20.5 Å². The van der Waals surface area contributed by atoms with Crippen LogP contribution in [-0.4, -0.2) is 35.4 Å². The Morgan fingerprint density at radius 2 is 1.79 bits per heavy atom. The van der Waals surface area contributed by atoms with Crippen molar-refractivity contribution < 1.29 is 14.6 Å². The van der Waals surface area contributed by atoms with Gasteiger partial charge in [0.2, 0.25) is 0 Å². The quantitative estimate of drug-likeness (QED) is 0.623. The van der Waals surface area contributed by atoms with Crippen molar-refractivity contribution in [2.45, 2.75) is 51.2 Å². The number of esters is 1. The first-order valence-corrected chi connectivity index (χ1v) is 8.68. The van der Waals surface area contributed by atoms with E-state index in [1.807, 2.05) is 25.7 Å². The lowest BCUT2D eigenvalue weighted by molar-refractivity contribution is -0.161. The lowest BCUT2D eigenvalue weighted by Crippen LogP contribution is -2.46. The Balaban J connectivity index is 2.02. The molecule has 0 aromatic heterocycles. The van der Waals surface area contributed by atoms with Crippen molar-refractivity contribution in [1.82, 2.24) is 0 Å². The van der Waals surface area contributed by atoms with E-state index in [9.17, 15) is 9.90 Å². The fourth-order valence-corrected chi connectivity index (χ4v) is 3.60. The Labute approximate surface area is 152 Å². The van der Waals surface area contributed by atoms with Crippen LogP contribution in [0.4, 0.5) is 11.4 Å². The van der Waals surface area contributed by atoms with Gasteiger partial charge in [-0.25, -0.2) is 0 Å². The van der Waals surface area contributed by atoms with Crippen molar-refractivity contribution in [3.05, 3.63) is 22.2 Å². The number of halogens is 2. The first-order valence-electron chi connectivity index (χ1n) is 7.93. The molecule has 3 N–H and O–H groups in total. The van der Waals surface area contributed by atoms with Crippen LogP contribution in [0, 0.1) is 0 Å². The third-order valence-electron chi connectivity index (χ3n) is 3.94. The van der Waals surface area contributed by atoms with Crippen LogP contribution in [0.3, 0.4) is 0 Å². The summed E-state index contributed by atoms with van der Waals surface area (Å²) < 4.78 is 5.30. The molecule has 0 atom stereocenters. The zero-order chi connectivity index (χ0) is 18.1. The molecule has 0 spiro atoms. The number of carbonyl (C=O) groups excluding carboxylic acids is 1. The molecule has 0 aliphatic carbocycles. The Hall–Kier alpha value is -1.17. The summed E-state index contributed by atoms with van der Waals surface area (Å²) in [5, 5.41) is 11.6. The summed E-state index contributed by atoms with van der Waals surface area (Å²) in [5.41, 5.74) is 5.33. The van der Waals surface area contributed by atoms with E-state index in [2.05, 4.69) is 0 Å². The van der Waals surface area contributed by atoms with Crippen molar-refractivity contribution in [1.29, 1.82) is 0 Å². The van der Waals surface area contributed by atoms with Gasteiger partial charge in [-0.3, -0.25) is 4.79 Å². The summed E-state index contributed by atoms with van der Waals surface area (Å²) in [5.74, 6) is -0.387. The molecule has 1 heterocycles. The molecule has 1 saturated heterocycles. The highest BCUT2D eigenvalue weighted by Gasteiger charge is 2.36. The van der Waals surface area contributed by atoms with Gasteiger partial charge in [-0.1, -0.05) is 23.2 Å². The lowest BCUT2D eigenvalue weighted by atomic mass is 9.88. The summed E-state index contributed by atoms with van der Waals surface area (Å²) >= 11 is 12.5. The van der Waals surface area contributed by atoms with Gasteiger partial charge in [0.25, 0.3) is 0 Å². The van der Waals surface area contributed by atoms with Crippen LogP contribution in [0.5, 0.6) is 0 Å². The average Bonchev–Trinajstić information content (AvgIpc) is 2.37. The molecule has 1 aliphatic heterocycles. The minimum Gasteiger partial charge on any atom is -0.460 e. The minimum absolute atomic E-state index is 0.0126. The van der Waals surface area contributed by atoms with Crippen LogP contribution in [0.1, 0.15) is 40.0 Å². The van der Waals surface area contributed by atoms with E-state index in [-0.39, 0.29) is 12.4 Å². The lowest BCUT2D eigenvalue weighted by Gasteiger charge is -2.39. The largest absolute Gasteiger partial charge is 0.460 e. The number of carbonyl (C=O) groups is 1. The Morgan fingerprint density at radius 3 is 2.25 bits per heavy atom. The standard InChI is InChI=1S/C17H24Cl2N2O3/c1-16(2,3)24-14(22)10-17(23)4-6-21(7-5-17)15-12(18)8-11(20)9-13(15)19/h8-9,23H,4-7,10,20H2,1-3H3. The third-order valence-corrected chi connectivity index (χ3v) is 4.52. The van der Waals surface area contributed by atoms with E-state index in [1.54, 1.807) is 12.1 Å². The normalized spacial score (nSPS) is 17.7. The summed E-state index contributed by atoms with van der Waals surface area (Å²) in [6.45, 7) is 6.51. The number of nitrogens with zero attached hydrogens (tertiary/aromatic N) is 1. The van der Waals surface area contributed by atoms with Gasteiger partial charge in [0.1, 0.15) is 5.60 Å². The van der Waals surface area contributed by atoms with E-state index in [1.165, 1.54) is 0 Å². The maximum atomic E-state index is 12.0. The van der Waals surface area contributed by atoms with Gasteiger partial charge in [-0.05, 0) is 45.7 Å². The SMILES string of the molecule is CC(C)(C)OC(=O)CC1(O)CCN(c2c(Cl)cc(N)cc2Cl)CC1. The molecular formula is C17H24Cl2N2O3. The molecule has 1 aliphatic rings. The number of benzene rings is 1. The van der Waals surface area contributed by atoms with Crippen LogP contribution < -0.4 is 10.6 Å². The van der Waals surface area contributed by atoms with Crippen LogP contribution in [0.25, 0.3) is 0 Å². The number of piperidine rings is 1. The number of anilines is 2. The zero-order valence-electron chi connectivity index (χ0n) is 14.2. The zero-order valence-corrected chi connectivity index (χ0v) is 15.7. The Bertz CT molecular complexity index is 598. The fraction of sp³-hybridized carbons (Fsp3) is 0.588. The van der Waals surface area contributed by atoms with Crippen molar-refractivity contribution in [2.24, 2.45) is 0 Å². The van der Waals surface area contributed by atoms with Crippen molar-refractivity contribution >= 4 is 40.5 Å². The average molecular weight is 375 g/mol. The smallest absolute Gasteiger partial charge is 0.309 e. The maximum absolute atomic E-state index is 12.0. The van der Waals surface area contributed by atoms with E-state index in [4.69, 9.17) is 33.7 Å². The molecule has 0 radical (unpaired) electrons. The van der Waals surface area contributed by atoms with Crippen molar-refractivity contribution in [3.8, 4) is 0 Å². The second-order valence-electron chi connectivity index (χ2n) is 7.31. The first-order chi connectivity index (χ1) is 11.0. The first kappa shape index (κ1) is 19.2. The van der Waals surface area contributed by atoms with Gasteiger partial charge in [0.05, 0.1) is 27.8 Å². The maximum Gasteiger partial charge on any atom is 0.309 e. The highest BCUT2D eigenvalue weighted by Crippen LogP contribution is 2.39. The predicted octanol–water partition coefficient (Wildman–Crippen LogP) is 3.64. The fourth-order valence-electron chi connectivity index (χ4n) is 2.86. The number of hydrogen-bond acceptors (Lipinski definition) is 5. The summed E-state index contributed by atoms with van der Waals surface area (Å²) in [6.07, 6.45) is 0.855. The summed E-state index contributed by atoms with van der Waals surface area (Å²) in [4.78, 5) is 14.0. The number of ether oxygens (including phenoxy) is 1. The molecule has 1 fully saturated rings. The van der Waals surface area contributed by atoms with Gasteiger partial charge in [-0.2, -0.15) is 0 Å². The number of nitrogens with two attached hydrogens (primary N) is 1. The molecular weight excluding hydrogens is 351 g/mol. The topological polar surface area (TPSA) is 75.8 Å². The van der Waals surface area contributed by atoms with Gasteiger partial charge in [0, 0.05) is 18.8 Å². The Kier molecular flexibility index (Phi) is 5.57. The van der Waals surface area contributed by atoms with Crippen molar-refractivity contribution in [2.75, 3.05) is 23.7 Å². The number of aliphatic hydroxyl groups is 1. The molecule has 7 heteroatoms. The highest BCUT2D eigenvalue weighted by molar-refractivity contribution is 6.39. The number of rotatable bonds is 3. The van der Waals surface area contributed by atoms with Crippen LogP contribution in [0.15, 0.2) is 12.1 Å². The molecule has 0 amide bonds. The monoisotopic (exact) mass is 374 g/mol. The number of nitrogen functional groups attached to an aromatic ring is 1. The van der Waals surface area contributed by atoms with E-state index in [0.717, 1.165) is 0 Å². The molecule has 2 rings (SSSR count). The van der Waals surface area contributed by atoms with E-state index < -0.39 is 11.2 Å². The summed E-state index contributed by atoms with van der Waals surface area (Å²) in [7, 11) is 0. The molecule has 1 aromatic rings. The van der Waals surface area contributed by atoms with Crippen molar-refractivity contribution in [3.63, 3.8) is 0 Å². The minimum atomic E-state index is -1.06. The van der Waals surface area contributed by atoms with Crippen LogP contribution in [-0.2, 0) is 9.53 Å². The molecule has 0 unspecified atom stereocenters. The number of hydrogen-bond donors (Lipinski definition) is 2. The van der Waals surface area contributed by atoms with E-state index in [0.29, 0.717) is 47.4 Å². The molecule has 24 heavy (non-hydrogen) atoms. The van der Waals surface area contributed by atoms with Crippen LogP contribution in [0.2, 0.25) is 10.0 Å². The molecule has 0 saturated carbocycles.